The highest BCUT2D eigenvalue weighted by Gasteiger charge is 2.21. The van der Waals surface area contributed by atoms with E-state index in [1.165, 1.54) is 10.3 Å². The van der Waals surface area contributed by atoms with Crippen molar-refractivity contribution in [2.24, 2.45) is 0 Å². The van der Waals surface area contributed by atoms with Gasteiger partial charge in [0.25, 0.3) is 0 Å². The van der Waals surface area contributed by atoms with Crippen molar-refractivity contribution in [3.63, 3.8) is 0 Å². The summed E-state index contributed by atoms with van der Waals surface area (Å²) >= 11 is 1.74. The SMILES string of the molecule is CCc1ccc(NC(=O)CN2CCN(c3nc4ccccc4s3)CC2)cc1. The summed E-state index contributed by atoms with van der Waals surface area (Å²) < 4.78 is 1.23. The number of carbonyl (C=O) groups is 1. The van der Waals surface area contributed by atoms with Gasteiger partial charge in [-0.15, -0.1) is 0 Å². The van der Waals surface area contributed by atoms with E-state index in [0.717, 1.165) is 48.9 Å². The number of para-hydroxylation sites is 1. The monoisotopic (exact) mass is 380 g/mol. The molecule has 1 saturated heterocycles. The van der Waals surface area contributed by atoms with Gasteiger partial charge in [-0.1, -0.05) is 42.5 Å². The lowest BCUT2D eigenvalue weighted by Gasteiger charge is -2.34. The number of hydrogen-bond acceptors (Lipinski definition) is 5. The fraction of sp³-hybridized carbons (Fsp3) is 0.333. The van der Waals surface area contributed by atoms with Crippen molar-refractivity contribution in [3.8, 4) is 0 Å². The number of thiazole rings is 1. The Balaban J connectivity index is 1.29. The van der Waals surface area contributed by atoms with Gasteiger partial charge in [0.1, 0.15) is 0 Å². The maximum absolute atomic E-state index is 12.3. The van der Waals surface area contributed by atoms with Crippen molar-refractivity contribution in [2.75, 3.05) is 42.9 Å². The Morgan fingerprint density at radius 3 is 2.52 bits per heavy atom. The molecule has 2 aromatic carbocycles. The molecule has 1 aliphatic rings. The van der Waals surface area contributed by atoms with Crippen LogP contribution in [0.25, 0.3) is 10.2 Å². The fourth-order valence-electron chi connectivity index (χ4n) is 3.32. The normalized spacial score (nSPS) is 15.2. The lowest BCUT2D eigenvalue weighted by Crippen LogP contribution is -2.48. The molecular weight excluding hydrogens is 356 g/mol. The van der Waals surface area contributed by atoms with Crippen LogP contribution in [0.1, 0.15) is 12.5 Å². The maximum Gasteiger partial charge on any atom is 0.238 e. The van der Waals surface area contributed by atoms with Gasteiger partial charge in [-0.25, -0.2) is 4.98 Å². The van der Waals surface area contributed by atoms with Gasteiger partial charge in [-0.3, -0.25) is 9.69 Å². The number of piperazine rings is 1. The molecule has 0 spiro atoms. The molecule has 3 aromatic rings. The van der Waals surface area contributed by atoms with Crippen LogP contribution in [-0.2, 0) is 11.2 Å². The molecule has 0 unspecified atom stereocenters. The van der Waals surface area contributed by atoms with E-state index in [1.807, 2.05) is 18.2 Å². The van der Waals surface area contributed by atoms with Crippen molar-refractivity contribution < 1.29 is 4.79 Å². The van der Waals surface area contributed by atoms with Crippen LogP contribution in [0.15, 0.2) is 48.5 Å². The number of aromatic nitrogens is 1. The van der Waals surface area contributed by atoms with Crippen LogP contribution in [0.5, 0.6) is 0 Å². The van der Waals surface area contributed by atoms with E-state index in [-0.39, 0.29) is 5.91 Å². The number of nitrogens with one attached hydrogen (secondary N) is 1. The van der Waals surface area contributed by atoms with E-state index in [0.29, 0.717) is 6.54 Å². The van der Waals surface area contributed by atoms with Gasteiger partial charge in [0, 0.05) is 31.9 Å². The Labute approximate surface area is 163 Å². The predicted molar refractivity (Wildman–Crippen MR) is 113 cm³/mol. The summed E-state index contributed by atoms with van der Waals surface area (Å²) in [6, 6.07) is 16.3. The van der Waals surface area contributed by atoms with E-state index >= 15 is 0 Å². The molecule has 0 atom stereocenters. The third kappa shape index (κ3) is 4.28. The molecule has 2 heterocycles. The third-order valence-corrected chi connectivity index (χ3v) is 6.04. The van der Waals surface area contributed by atoms with Gasteiger partial charge in [0.05, 0.1) is 16.8 Å². The zero-order valence-electron chi connectivity index (χ0n) is 15.5. The smallest absolute Gasteiger partial charge is 0.238 e. The Morgan fingerprint density at radius 1 is 1.07 bits per heavy atom. The summed E-state index contributed by atoms with van der Waals surface area (Å²) in [5.74, 6) is 0.0488. The molecule has 27 heavy (non-hydrogen) atoms. The second-order valence-corrected chi connectivity index (χ2v) is 7.84. The predicted octanol–water partition coefficient (Wildman–Crippen LogP) is 3.62. The molecule has 0 radical (unpaired) electrons. The van der Waals surface area contributed by atoms with Crippen LogP contribution in [0, 0.1) is 0 Å². The molecule has 1 N–H and O–H groups in total. The molecule has 140 valence electrons. The summed E-state index contributed by atoms with van der Waals surface area (Å²) in [5, 5.41) is 4.08. The molecule has 0 aliphatic carbocycles. The summed E-state index contributed by atoms with van der Waals surface area (Å²) in [7, 11) is 0. The second kappa shape index (κ2) is 8.06. The van der Waals surface area contributed by atoms with Crippen molar-refractivity contribution in [3.05, 3.63) is 54.1 Å². The number of hydrogen-bond donors (Lipinski definition) is 1. The Hall–Kier alpha value is -2.44. The number of nitrogens with zero attached hydrogens (tertiary/aromatic N) is 3. The minimum absolute atomic E-state index is 0.0488. The van der Waals surface area contributed by atoms with E-state index in [9.17, 15) is 4.79 Å². The zero-order chi connectivity index (χ0) is 18.6. The van der Waals surface area contributed by atoms with Gasteiger partial charge in [-0.2, -0.15) is 0 Å². The van der Waals surface area contributed by atoms with Crippen LogP contribution < -0.4 is 10.2 Å². The maximum atomic E-state index is 12.3. The van der Waals surface area contributed by atoms with Crippen molar-refractivity contribution in [1.82, 2.24) is 9.88 Å². The summed E-state index contributed by atoms with van der Waals surface area (Å²) in [6.45, 7) is 6.11. The molecule has 6 heteroatoms. The third-order valence-electron chi connectivity index (χ3n) is 4.94. The van der Waals surface area contributed by atoms with Crippen LogP contribution in [0.2, 0.25) is 0 Å². The van der Waals surface area contributed by atoms with Gasteiger partial charge < -0.3 is 10.2 Å². The lowest BCUT2D eigenvalue weighted by atomic mass is 10.1. The minimum Gasteiger partial charge on any atom is -0.345 e. The number of rotatable bonds is 5. The summed E-state index contributed by atoms with van der Waals surface area (Å²) in [4.78, 5) is 21.6. The first-order chi connectivity index (χ1) is 13.2. The molecular formula is C21H24N4OS. The fourth-order valence-corrected chi connectivity index (χ4v) is 4.34. The Morgan fingerprint density at radius 2 is 1.81 bits per heavy atom. The summed E-state index contributed by atoms with van der Waals surface area (Å²) in [6.07, 6.45) is 1.01. The highest BCUT2D eigenvalue weighted by molar-refractivity contribution is 7.22. The van der Waals surface area contributed by atoms with Gasteiger partial charge in [0.2, 0.25) is 5.91 Å². The topological polar surface area (TPSA) is 48.5 Å². The largest absolute Gasteiger partial charge is 0.345 e. The zero-order valence-corrected chi connectivity index (χ0v) is 16.3. The van der Waals surface area contributed by atoms with Crippen molar-refractivity contribution >= 4 is 38.3 Å². The highest BCUT2D eigenvalue weighted by atomic mass is 32.1. The van der Waals surface area contributed by atoms with Crippen LogP contribution in [-0.4, -0.2) is 48.5 Å². The molecule has 5 nitrogen and oxygen atoms in total. The van der Waals surface area contributed by atoms with Crippen LogP contribution >= 0.6 is 11.3 Å². The average Bonchev–Trinajstić information content (AvgIpc) is 3.13. The number of amides is 1. The van der Waals surface area contributed by atoms with Crippen LogP contribution in [0.3, 0.4) is 0 Å². The summed E-state index contributed by atoms with van der Waals surface area (Å²) in [5.41, 5.74) is 3.21. The first-order valence-corrected chi connectivity index (χ1v) is 10.2. The molecule has 1 aromatic heterocycles. The Kier molecular flexibility index (Phi) is 5.36. The lowest BCUT2D eigenvalue weighted by molar-refractivity contribution is -0.117. The van der Waals surface area contributed by atoms with Crippen molar-refractivity contribution in [1.29, 1.82) is 0 Å². The molecule has 1 amide bonds. The minimum atomic E-state index is 0.0488. The van der Waals surface area contributed by atoms with E-state index in [1.54, 1.807) is 11.3 Å². The molecule has 1 aliphatic heterocycles. The number of fused-ring (bicyclic) bond motifs is 1. The van der Waals surface area contributed by atoms with Crippen molar-refractivity contribution in [2.45, 2.75) is 13.3 Å². The number of carbonyl (C=O) groups excluding carboxylic acids is 1. The number of anilines is 2. The van der Waals surface area contributed by atoms with Gasteiger partial charge in [0.15, 0.2) is 5.13 Å². The van der Waals surface area contributed by atoms with Gasteiger partial charge in [-0.05, 0) is 36.2 Å². The molecule has 0 bridgehead atoms. The molecule has 4 rings (SSSR count). The van der Waals surface area contributed by atoms with E-state index in [2.05, 4.69) is 52.4 Å². The number of benzene rings is 2. The molecule has 1 fully saturated rings. The quantitative estimate of drug-likeness (QED) is 0.734. The number of aryl methyl sites for hydroxylation is 1. The highest BCUT2D eigenvalue weighted by Crippen LogP contribution is 2.29. The van der Waals surface area contributed by atoms with E-state index in [4.69, 9.17) is 4.98 Å². The molecule has 0 saturated carbocycles. The van der Waals surface area contributed by atoms with Crippen LogP contribution in [0.4, 0.5) is 10.8 Å². The standard InChI is InChI=1S/C21H24N4OS/c1-2-16-7-9-17(10-8-16)22-20(26)15-24-11-13-25(14-12-24)21-23-18-5-3-4-6-19(18)27-21/h3-10H,2,11-15H2,1H3,(H,22,26). The first-order valence-electron chi connectivity index (χ1n) is 9.43. The second-order valence-electron chi connectivity index (χ2n) is 6.83. The average molecular weight is 381 g/mol. The first kappa shape index (κ1) is 17.9. The van der Waals surface area contributed by atoms with Gasteiger partial charge >= 0.3 is 0 Å². The Bertz CT molecular complexity index is 880. The van der Waals surface area contributed by atoms with E-state index < -0.39 is 0 Å².